The fourth-order valence-electron chi connectivity index (χ4n) is 1.76. The maximum Gasteiger partial charge on any atom is 0.171 e. The van der Waals surface area contributed by atoms with Crippen LogP contribution in [0.4, 0.5) is 0 Å². The molecule has 0 fully saturated rings. The molecule has 1 heterocycles. The van der Waals surface area contributed by atoms with E-state index in [0.717, 1.165) is 26.1 Å². The van der Waals surface area contributed by atoms with E-state index in [0.29, 0.717) is 0 Å². The summed E-state index contributed by atoms with van der Waals surface area (Å²) in [5.74, 6) is 0. The Morgan fingerprint density at radius 3 is 2.86 bits per heavy atom. The largest absolute Gasteiger partial charge is 1.00 e. The zero-order valence-electron chi connectivity index (χ0n) is 8.12. The first kappa shape index (κ1) is 11.4. The summed E-state index contributed by atoms with van der Waals surface area (Å²) in [5.41, 5.74) is 8.32. The summed E-state index contributed by atoms with van der Waals surface area (Å²) in [5, 5.41) is 0. The molecule has 2 nitrogen and oxygen atoms in total. The second-order valence-corrected chi connectivity index (χ2v) is 3.40. The average Bonchev–Trinajstić information content (AvgIpc) is 2.18. The smallest absolute Gasteiger partial charge is 0.171 e. The minimum Gasteiger partial charge on any atom is -1.00 e. The Morgan fingerprint density at radius 1 is 1.29 bits per heavy atom. The zero-order chi connectivity index (χ0) is 9.10. The Balaban J connectivity index is 0.000000980. The predicted octanol–water partition coefficient (Wildman–Crippen LogP) is -2.36. The van der Waals surface area contributed by atoms with Gasteiger partial charge in [0.25, 0.3) is 0 Å². The molecular formula is C11H15BrN2. The fraction of sp³-hybridized carbons (Fsp3) is 0.364. The molecule has 0 unspecified atom stereocenters. The molecule has 0 saturated carbocycles. The highest BCUT2D eigenvalue weighted by Gasteiger charge is 2.13. The molecule has 76 valence electrons. The Morgan fingerprint density at radius 2 is 2.07 bits per heavy atom. The molecule has 0 spiro atoms. The van der Waals surface area contributed by atoms with Crippen molar-refractivity contribution in [1.29, 1.82) is 0 Å². The van der Waals surface area contributed by atoms with Gasteiger partial charge in [-0.15, -0.1) is 0 Å². The van der Waals surface area contributed by atoms with Crippen LogP contribution in [0.3, 0.4) is 0 Å². The highest BCUT2D eigenvalue weighted by molar-refractivity contribution is 5.78. The minimum absolute atomic E-state index is 0. The van der Waals surface area contributed by atoms with Crippen molar-refractivity contribution < 1.29 is 21.6 Å². The second-order valence-electron chi connectivity index (χ2n) is 3.40. The number of nitrogens with two attached hydrogens (primary N) is 1. The van der Waals surface area contributed by atoms with Gasteiger partial charge >= 0.3 is 0 Å². The Hall–Kier alpha value is -0.670. The summed E-state index contributed by atoms with van der Waals surface area (Å²) < 4.78 is 2.29. The van der Waals surface area contributed by atoms with Crippen LogP contribution in [0.25, 0.3) is 0 Å². The predicted molar refractivity (Wildman–Crippen MR) is 54.4 cm³/mol. The lowest BCUT2D eigenvalue weighted by molar-refractivity contribution is -0.521. The molecule has 3 heteroatoms. The van der Waals surface area contributed by atoms with E-state index in [2.05, 4.69) is 35.1 Å². The third kappa shape index (κ3) is 2.42. The van der Waals surface area contributed by atoms with Gasteiger partial charge in [0.2, 0.25) is 0 Å². The number of halogens is 1. The van der Waals surface area contributed by atoms with Gasteiger partial charge in [0, 0.05) is 12.0 Å². The fourth-order valence-corrected chi connectivity index (χ4v) is 1.76. The van der Waals surface area contributed by atoms with Crippen LogP contribution in [0.1, 0.15) is 11.1 Å². The van der Waals surface area contributed by atoms with Crippen LogP contribution < -0.4 is 22.7 Å². The van der Waals surface area contributed by atoms with Crippen molar-refractivity contribution >= 4 is 6.21 Å². The molecule has 2 rings (SSSR count). The van der Waals surface area contributed by atoms with Gasteiger partial charge in [-0.05, 0) is 11.6 Å². The van der Waals surface area contributed by atoms with Crippen molar-refractivity contribution in [2.45, 2.75) is 6.42 Å². The van der Waals surface area contributed by atoms with Gasteiger partial charge in [0.05, 0.1) is 6.54 Å². The van der Waals surface area contributed by atoms with Crippen LogP contribution in [0.2, 0.25) is 0 Å². The standard InChI is InChI=1S/C11H15N2.BrH/c12-6-8-13-7-5-10-3-1-2-4-11(10)9-13;/h1-4,9H,5-8,12H2;1H/q+1;/p-1. The zero-order valence-corrected chi connectivity index (χ0v) is 9.70. The van der Waals surface area contributed by atoms with E-state index < -0.39 is 0 Å². The summed E-state index contributed by atoms with van der Waals surface area (Å²) in [6.07, 6.45) is 3.36. The monoisotopic (exact) mass is 254 g/mol. The van der Waals surface area contributed by atoms with Gasteiger partial charge in [0.15, 0.2) is 12.8 Å². The van der Waals surface area contributed by atoms with Gasteiger partial charge < -0.3 is 22.7 Å². The Kier molecular flexibility index (Phi) is 4.29. The summed E-state index contributed by atoms with van der Waals surface area (Å²) in [6, 6.07) is 8.55. The van der Waals surface area contributed by atoms with Gasteiger partial charge in [-0.25, -0.2) is 4.58 Å². The molecule has 2 N–H and O–H groups in total. The third-order valence-corrected chi connectivity index (χ3v) is 2.46. The number of hydrogen-bond donors (Lipinski definition) is 1. The van der Waals surface area contributed by atoms with Gasteiger partial charge in [0.1, 0.15) is 6.54 Å². The van der Waals surface area contributed by atoms with Crippen molar-refractivity contribution in [2.24, 2.45) is 5.73 Å². The molecule has 0 amide bonds. The number of rotatable bonds is 2. The number of hydrogen-bond acceptors (Lipinski definition) is 1. The summed E-state index contributed by atoms with van der Waals surface area (Å²) in [6.45, 7) is 2.81. The molecule has 1 aromatic rings. The maximum atomic E-state index is 5.52. The van der Waals surface area contributed by atoms with Crippen LogP contribution in [-0.2, 0) is 6.42 Å². The molecule has 0 bridgehead atoms. The van der Waals surface area contributed by atoms with E-state index in [1.165, 1.54) is 11.1 Å². The number of nitrogens with zero attached hydrogens (tertiary/aromatic N) is 1. The lowest BCUT2D eigenvalue weighted by Gasteiger charge is -2.11. The molecule has 1 aliphatic heterocycles. The van der Waals surface area contributed by atoms with E-state index >= 15 is 0 Å². The first-order valence-corrected chi connectivity index (χ1v) is 4.77. The quantitative estimate of drug-likeness (QED) is 0.588. The molecule has 1 aromatic carbocycles. The van der Waals surface area contributed by atoms with Crippen LogP contribution in [0.15, 0.2) is 24.3 Å². The molecular weight excluding hydrogens is 240 g/mol. The van der Waals surface area contributed by atoms with Crippen molar-refractivity contribution in [2.75, 3.05) is 19.6 Å². The molecule has 0 aromatic heterocycles. The molecule has 0 atom stereocenters. The minimum atomic E-state index is 0. The number of fused-ring (bicyclic) bond motifs is 1. The summed E-state index contributed by atoms with van der Waals surface area (Å²) in [7, 11) is 0. The Labute approximate surface area is 95.2 Å². The highest BCUT2D eigenvalue weighted by atomic mass is 79.9. The maximum absolute atomic E-state index is 5.52. The van der Waals surface area contributed by atoms with Gasteiger partial charge in [-0.1, -0.05) is 18.2 Å². The SMILES string of the molecule is NCC[N+]1=Cc2ccccc2CC1.[Br-]. The summed E-state index contributed by atoms with van der Waals surface area (Å²) in [4.78, 5) is 0. The van der Waals surface area contributed by atoms with E-state index in [9.17, 15) is 0 Å². The highest BCUT2D eigenvalue weighted by Crippen LogP contribution is 2.10. The first-order chi connectivity index (χ1) is 6.40. The second kappa shape index (κ2) is 5.27. The van der Waals surface area contributed by atoms with Gasteiger partial charge in [-0.2, -0.15) is 0 Å². The molecule has 14 heavy (non-hydrogen) atoms. The molecule has 1 aliphatic rings. The Bertz CT molecular complexity index is 334. The van der Waals surface area contributed by atoms with E-state index in [4.69, 9.17) is 5.73 Å². The van der Waals surface area contributed by atoms with Crippen LogP contribution in [0.5, 0.6) is 0 Å². The normalized spacial score (nSPS) is 13.9. The van der Waals surface area contributed by atoms with E-state index in [-0.39, 0.29) is 17.0 Å². The average molecular weight is 255 g/mol. The van der Waals surface area contributed by atoms with Gasteiger partial charge in [-0.3, -0.25) is 0 Å². The topological polar surface area (TPSA) is 29.0 Å². The summed E-state index contributed by atoms with van der Waals surface area (Å²) >= 11 is 0. The van der Waals surface area contributed by atoms with Crippen LogP contribution in [0, 0.1) is 0 Å². The molecule has 0 saturated heterocycles. The van der Waals surface area contributed by atoms with Crippen molar-refractivity contribution in [1.82, 2.24) is 0 Å². The first-order valence-electron chi connectivity index (χ1n) is 4.77. The van der Waals surface area contributed by atoms with Crippen LogP contribution >= 0.6 is 0 Å². The lowest BCUT2D eigenvalue weighted by Crippen LogP contribution is -3.00. The number of benzene rings is 1. The van der Waals surface area contributed by atoms with E-state index in [1.54, 1.807) is 0 Å². The van der Waals surface area contributed by atoms with Crippen molar-refractivity contribution in [3.8, 4) is 0 Å². The lowest BCUT2D eigenvalue weighted by atomic mass is 10.0. The molecule has 0 radical (unpaired) electrons. The van der Waals surface area contributed by atoms with Crippen LogP contribution in [-0.4, -0.2) is 30.4 Å². The van der Waals surface area contributed by atoms with E-state index in [1.807, 2.05) is 0 Å². The van der Waals surface area contributed by atoms with Crippen molar-refractivity contribution in [3.63, 3.8) is 0 Å². The third-order valence-electron chi connectivity index (χ3n) is 2.46. The van der Waals surface area contributed by atoms with Crippen molar-refractivity contribution in [3.05, 3.63) is 35.4 Å². The molecule has 0 aliphatic carbocycles.